The highest BCUT2D eigenvalue weighted by Gasteiger charge is 2.13. The molecule has 1 aromatic carbocycles. The lowest BCUT2D eigenvalue weighted by molar-refractivity contribution is 0.112. The standard InChI is InChI=1S/C10H9NO3/c1-14-8-4-2-3-7-9(8)6(5-12)10(13)11-7/h2-5,11,13H,1H3. The minimum absolute atomic E-state index is 0.125. The van der Waals surface area contributed by atoms with Crippen molar-refractivity contribution >= 4 is 17.2 Å². The zero-order chi connectivity index (χ0) is 10.1. The second-order valence-electron chi connectivity index (χ2n) is 2.89. The van der Waals surface area contributed by atoms with Gasteiger partial charge in [0.25, 0.3) is 0 Å². The van der Waals surface area contributed by atoms with Gasteiger partial charge in [0.15, 0.2) is 12.2 Å². The van der Waals surface area contributed by atoms with E-state index in [1.165, 1.54) is 7.11 Å². The number of carbonyl (C=O) groups is 1. The molecule has 0 spiro atoms. The summed E-state index contributed by atoms with van der Waals surface area (Å²) >= 11 is 0. The van der Waals surface area contributed by atoms with E-state index in [0.29, 0.717) is 22.9 Å². The number of hydrogen-bond donors (Lipinski definition) is 2. The number of ether oxygens (including phenoxy) is 1. The Morgan fingerprint density at radius 2 is 2.29 bits per heavy atom. The molecule has 0 aliphatic heterocycles. The van der Waals surface area contributed by atoms with E-state index in [2.05, 4.69) is 4.98 Å². The van der Waals surface area contributed by atoms with Gasteiger partial charge in [-0.05, 0) is 12.1 Å². The molecular weight excluding hydrogens is 182 g/mol. The van der Waals surface area contributed by atoms with Gasteiger partial charge in [-0.3, -0.25) is 4.79 Å². The first-order valence-electron chi connectivity index (χ1n) is 4.10. The Kier molecular flexibility index (Phi) is 1.89. The van der Waals surface area contributed by atoms with Crippen LogP contribution in [0.1, 0.15) is 10.4 Å². The normalized spacial score (nSPS) is 10.4. The number of rotatable bonds is 2. The molecule has 0 saturated heterocycles. The summed E-state index contributed by atoms with van der Waals surface area (Å²) in [6, 6.07) is 5.29. The number of hydrogen-bond acceptors (Lipinski definition) is 3. The van der Waals surface area contributed by atoms with Gasteiger partial charge >= 0.3 is 0 Å². The van der Waals surface area contributed by atoms with Crippen LogP contribution in [-0.4, -0.2) is 23.5 Å². The fourth-order valence-corrected chi connectivity index (χ4v) is 1.51. The van der Waals surface area contributed by atoms with Gasteiger partial charge < -0.3 is 14.8 Å². The molecule has 4 heteroatoms. The van der Waals surface area contributed by atoms with Crippen LogP contribution in [-0.2, 0) is 0 Å². The highest BCUT2D eigenvalue weighted by atomic mass is 16.5. The van der Waals surface area contributed by atoms with Crippen LogP contribution in [0.15, 0.2) is 18.2 Å². The predicted molar refractivity (Wildman–Crippen MR) is 51.9 cm³/mol. The van der Waals surface area contributed by atoms with Gasteiger partial charge in [0, 0.05) is 0 Å². The summed E-state index contributed by atoms with van der Waals surface area (Å²) in [6.45, 7) is 0. The monoisotopic (exact) mass is 191 g/mol. The lowest BCUT2D eigenvalue weighted by Gasteiger charge is -2.00. The summed E-state index contributed by atoms with van der Waals surface area (Å²) in [7, 11) is 1.52. The summed E-state index contributed by atoms with van der Waals surface area (Å²) in [5, 5.41) is 10.0. The second kappa shape index (κ2) is 3.06. The Morgan fingerprint density at radius 1 is 1.50 bits per heavy atom. The van der Waals surface area contributed by atoms with E-state index in [4.69, 9.17) is 4.74 Å². The Morgan fingerprint density at radius 3 is 2.93 bits per heavy atom. The van der Waals surface area contributed by atoms with Crippen molar-refractivity contribution in [3.05, 3.63) is 23.8 Å². The van der Waals surface area contributed by atoms with Crippen LogP contribution >= 0.6 is 0 Å². The molecule has 0 fully saturated rings. The molecule has 14 heavy (non-hydrogen) atoms. The van der Waals surface area contributed by atoms with Crippen LogP contribution in [0.4, 0.5) is 0 Å². The SMILES string of the molecule is COc1cccc2[nH]c(O)c(C=O)c12. The molecule has 0 unspecified atom stereocenters. The minimum Gasteiger partial charge on any atom is -0.496 e. The van der Waals surface area contributed by atoms with Gasteiger partial charge in [-0.2, -0.15) is 0 Å². The van der Waals surface area contributed by atoms with Crippen molar-refractivity contribution in [2.24, 2.45) is 0 Å². The smallest absolute Gasteiger partial charge is 0.200 e. The van der Waals surface area contributed by atoms with E-state index < -0.39 is 0 Å². The largest absolute Gasteiger partial charge is 0.496 e. The molecule has 0 radical (unpaired) electrons. The zero-order valence-electron chi connectivity index (χ0n) is 7.57. The fraction of sp³-hybridized carbons (Fsp3) is 0.100. The number of nitrogens with one attached hydrogen (secondary N) is 1. The molecule has 1 heterocycles. The molecule has 2 N–H and O–H groups in total. The van der Waals surface area contributed by atoms with Crippen LogP contribution in [0, 0.1) is 0 Å². The van der Waals surface area contributed by atoms with Gasteiger partial charge in [0.05, 0.1) is 23.6 Å². The van der Waals surface area contributed by atoms with E-state index in [0.717, 1.165) is 0 Å². The Bertz CT molecular complexity index is 487. The summed E-state index contributed by atoms with van der Waals surface area (Å²) in [4.78, 5) is 13.4. The van der Waals surface area contributed by atoms with Gasteiger partial charge in [-0.15, -0.1) is 0 Å². The van der Waals surface area contributed by atoms with Crippen LogP contribution in [0.5, 0.6) is 11.6 Å². The third-order valence-electron chi connectivity index (χ3n) is 2.14. The Labute approximate surface area is 80.1 Å². The van der Waals surface area contributed by atoms with Crippen molar-refractivity contribution in [1.82, 2.24) is 4.98 Å². The number of aromatic amines is 1. The lowest BCUT2D eigenvalue weighted by Crippen LogP contribution is -1.85. The average Bonchev–Trinajstić information content (AvgIpc) is 2.52. The highest BCUT2D eigenvalue weighted by Crippen LogP contribution is 2.32. The topological polar surface area (TPSA) is 62.3 Å². The number of aromatic hydroxyl groups is 1. The molecule has 72 valence electrons. The van der Waals surface area contributed by atoms with E-state index in [1.54, 1.807) is 18.2 Å². The molecule has 0 bridgehead atoms. The van der Waals surface area contributed by atoms with Crippen molar-refractivity contribution in [2.45, 2.75) is 0 Å². The molecule has 4 nitrogen and oxygen atoms in total. The maximum Gasteiger partial charge on any atom is 0.200 e. The van der Waals surface area contributed by atoms with Crippen molar-refractivity contribution in [2.75, 3.05) is 7.11 Å². The first-order valence-corrected chi connectivity index (χ1v) is 4.10. The number of benzene rings is 1. The number of fused-ring (bicyclic) bond motifs is 1. The number of methoxy groups -OCH3 is 1. The maximum absolute atomic E-state index is 10.7. The van der Waals surface area contributed by atoms with Gasteiger partial charge in [-0.25, -0.2) is 0 Å². The summed E-state index contributed by atoms with van der Waals surface area (Å²) in [5.74, 6) is 0.445. The second-order valence-corrected chi connectivity index (χ2v) is 2.89. The van der Waals surface area contributed by atoms with E-state index in [9.17, 15) is 9.90 Å². The van der Waals surface area contributed by atoms with Crippen molar-refractivity contribution < 1.29 is 14.6 Å². The third kappa shape index (κ3) is 1.04. The van der Waals surface area contributed by atoms with Crippen LogP contribution in [0.3, 0.4) is 0 Å². The Balaban J connectivity index is 2.89. The molecule has 0 aliphatic carbocycles. The molecule has 2 rings (SSSR count). The molecule has 0 atom stereocenters. The van der Waals surface area contributed by atoms with Crippen LogP contribution < -0.4 is 4.74 Å². The summed E-state index contributed by atoms with van der Waals surface area (Å²) in [5.41, 5.74) is 0.918. The highest BCUT2D eigenvalue weighted by molar-refractivity contribution is 6.03. The first-order chi connectivity index (χ1) is 6.77. The molecule has 2 aromatic rings. The van der Waals surface area contributed by atoms with Crippen molar-refractivity contribution in [3.8, 4) is 11.6 Å². The summed E-state index contributed by atoms with van der Waals surface area (Å²) in [6.07, 6.45) is 0.608. The number of H-pyrrole nitrogens is 1. The molecule has 0 saturated carbocycles. The van der Waals surface area contributed by atoms with E-state index in [1.807, 2.05) is 0 Å². The third-order valence-corrected chi connectivity index (χ3v) is 2.14. The molecule has 0 amide bonds. The fourth-order valence-electron chi connectivity index (χ4n) is 1.51. The quantitative estimate of drug-likeness (QED) is 0.710. The van der Waals surface area contributed by atoms with Gasteiger partial charge in [-0.1, -0.05) is 6.07 Å². The van der Waals surface area contributed by atoms with E-state index in [-0.39, 0.29) is 11.4 Å². The number of aromatic nitrogens is 1. The Hall–Kier alpha value is -1.97. The van der Waals surface area contributed by atoms with Crippen molar-refractivity contribution in [3.63, 3.8) is 0 Å². The van der Waals surface area contributed by atoms with Crippen molar-refractivity contribution in [1.29, 1.82) is 0 Å². The zero-order valence-corrected chi connectivity index (χ0v) is 7.57. The minimum atomic E-state index is -0.125. The lowest BCUT2D eigenvalue weighted by atomic mass is 10.1. The van der Waals surface area contributed by atoms with Crippen LogP contribution in [0.2, 0.25) is 0 Å². The molecule has 0 aliphatic rings. The van der Waals surface area contributed by atoms with Gasteiger partial charge in [0.2, 0.25) is 0 Å². The number of carbonyl (C=O) groups excluding carboxylic acids is 1. The first kappa shape index (κ1) is 8.62. The molecule has 1 aromatic heterocycles. The van der Waals surface area contributed by atoms with Crippen LogP contribution in [0.25, 0.3) is 10.9 Å². The number of aldehydes is 1. The van der Waals surface area contributed by atoms with Gasteiger partial charge in [0.1, 0.15) is 5.75 Å². The average molecular weight is 191 g/mol. The molecular formula is C10H9NO3. The summed E-state index contributed by atoms with van der Waals surface area (Å²) < 4.78 is 5.09. The predicted octanol–water partition coefficient (Wildman–Crippen LogP) is 1.69. The van der Waals surface area contributed by atoms with E-state index >= 15 is 0 Å². The maximum atomic E-state index is 10.7.